The molecule has 1 rings (SSSR count). The minimum absolute atomic E-state index is 0.122. The van der Waals surface area contributed by atoms with E-state index in [4.69, 9.17) is 18.1 Å². The first kappa shape index (κ1) is 24.9. The number of rotatable bonds is 8. The fourth-order valence-corrected chi connectivity index (χ4v) is 7.06. The molecule has 0 aromatic rings. The van der Waals surface area contributed by atoms with Gasteiger partial charge in [0.2, 0.25) is 0 Å². The molecule has 1 fully saturated rings. The third-order valence-corrected chi connectivity index (χ3v) is 9.15. The third-order valence-electron chi connectivity index (χ3n) is 4.24. The van der Waals surface area contributed by atoms with Crippen LogP contribution in [0, 0.1) is 54.0 Å². The molecule has 0 saturated heterocycles. The van der Waals surface area contributed by atoms with Gasteiger partial charge in [-0.2, -0.15) is 0 Å². The smallest absolute Gasteiger partial charge is 0.364 e. The number of aliphatic hydroxyl groups is 1. The molecule has 0 heterocycles. The molecule has 0 radical (unpaired) electrons. The van der Waals surface area contributed by atoms with Crippen LogP contribution in [0.2, 0.25) is 0 Å². The molecule has 0 aliphatic heterocycles. The summed E-state index contributed by atoms with van der Waals surface area (Å²) >= 11 is 0. The lowest BCUT2D eigenvalue weighted by molar-refractivity contribution is 0.0971. The van der Waals surface area contributed by atoms with Gasteiger partial charge in [-0.3, -0.25) is 0 Å². The van der Waals surface area contributed by atoms with Crippen molar-refractivity contribution >= 4 is 15.2 Å². The van der Waals surface area contributed by atoms with Gasteiger partial charge in [-0.05, 0) is 5.92 Å². The van der Waals surface area contributed by atoms with Gasteiger partial charge in [0.15, 0.2) is 0 Å². The van der Waals surface area contributed by atoms with Crippen molar-refractivity contribution in [3.8, 4) is 48.1 Å². The van der Waals surface area contributed by atoms with Crippen molar-refractivity contribution in [3.05, 3.63) is 0 Å². The topological polar surface area (TPSA) is 91.3 Å². The van der Waals surface area contributed by atoms with Gasteiger partial charge >= 0.3 is 20.3 Å². The van der Waals surface area contributed by atoms with E-state index in [-0.39, 0.29) is 12.3 Å². The maximum Gasteiger partial charge on any atom is 0.493 e. The van der Waals surface area contributed by atoms with E-state index < -0.39 is 20.3 Å². The molecule has 0 amide bonds. The molecule has 0 aromatic carbocycles. The molecule has 0 atom stereocenters. The molecule has 29 heavy (non-hydrogen) atoms. The predicted octanol–water partition coefficient (Wildman–Crippen LogP) is 4.98. The van der Waals surface area contributed by atoms with Crippen molar-refractivity contribution in [2.24, 2.45) is 5.92 Å². The first-order chi connectivity index (χ1) is 13.8. The lowest BCUT2D eigenvalue weighted by atomic mass is 9.87. The lowest BCUT2D eigenvalue weighted by Gasteiger charge is -2.36. The van der Waals surface area contributed by atoms with Crippen LogP contribution < -0.4 is 0 Å². The molecule has 0 spiro atoms. The van der Waals surface area contributed by atoms with E-state index in [2.05, 4.69) is 48.1 Å². The molecule has 0 aromatic heterocycles. The Balaban J connectivity index is 3.62. The Morgan fingerprint density at radius 1 is 0.759 bits per heavy atom. The molecule has 158 valence electrons. The second kappa shape index (κ2) is 11.8. The van der Waals surface area contributed by atoms with Crippen LogP contribution in [-0.2, 0) is 27.2 Å². The van der Waals surface area contributed by atoms with Crippen molar-refractivity contribution in [2.75, 3.05) is 0 Å². The largest absolute Gasteiger partial charge is 0.493 e. The second-order valence-corrected chi connectivity index (χ2v) is 10.8. The minimum Gasteiger partial charge on any atom is -0.364 e. The minimum atomic E-state index is -4.68. The highest BCUT2D eigenvalue weighted by molar-refractivity contribution is 7.74. The van der Waals surface area contributed by atoms with Crippen LogP contribution >= 0.6 is 15.2 Å². The van der Waals surface area contributed by atoms with Crippen LogP contribution in [0.15, 0.2) is 0 Å². The molecule has 0 bridgehead atoms. The first-order valence-electron chi connectivity index (χ1n) is 9.16. The lowest BCUT2D eigenvalue weighted by Crippen LogP contribution is -2.34. The first-order valence-corrected chi connectivity index (χ1v) is 12.2. The highest BCUT2D eigenvalue weighted by Crippen LogP contribution is 2.78. The van der Waals surface area contributed by atoms with E-state index in [0.717, 1.165) is 32.1 Å². The Kier molecular flexibility index (Phi) is 10.1. The maximum absolute atomic E-state index is 13.7. The summed E-state index contributed by atoms with van der Waals surface area (Å²) in [6.07, 6.45) is 12.7. The van der Waals surface area contributed by atoms with Crippen molar-refractivity contribution in [1.29, 1.82) is 0 Å². The second-order valence-electron chi connectivity index (χ2n) is 6.25. The molecule has 1 N–H and O–H groups in total. The van der Waals surface area contributed by atoms with Gasteiger partial charge in [-0.15, -0.1) is 0 Å². The molecule has 7 nitrogen and oxygen atoms in total. The van der Waals surface area contributed by atoms with Gasteiger partial charge in [0.05, 0.1) is 0 Å². The fourth-order valence-electron chi connectivity index (χ4n) is 2.90. The zero-order chi connectivity index (χ0) is 21.8. The van der Waals surface area contributed by atoms with Gasteiger partial charge in [0, 0.05) is 34.1 Å². The Labute approximate surface area is 173 Å². The summed E-state index contributed by atoms with van der Waals surface area (Å²) in [5.41, 5.74) is 0. The van der Waals surface area contributed by atoms with E-state index in [1.807, 2.05) is 0 Å². The van der Waals surface area contributed by atoms with E-state index in [1.54, 1.807) is 0 Å². The normalized spacial score (nSPS) is 14.2. The van der Waals surface area contributed by atoms with Crippen LogP contribution in [0.4, 0.5) is 0 Å². The molecule has 0 unspecified atom stereocenters. The summed E-state index contributed by atoms with van der Waals surface area (Å²) in [5.74, 6) is 9.49. The standard InChI is InChI=1S/C20H26O7P2/c1-5-14-24-28(22,25-15-6-2)20(21,18-19-12-10-9-11-13-19)29(23,26-16-7-3)27-17-8-4/h19,21H,9-13,18H2,1-4H3. The number of hydrogen-bond donors (Lipinski definition) is 1. The Morgan fingerprint density at radius 3 is 1.41 bits per heavy atom. The van der Waals surface area contributed by atoms with E-state index in [1.165, 1.54) is 27.7 Å². The predicted molar refractivity (Wildman–Crippen MR) is 109 cm³/mol. The zero-order valence-electron chi connectivity index (χ0n) is 17.1. The average Bonchev–Trinajstić information content (AvgIpc) is 2.73. The van der Waals surface area contributed by atoms with Crippen LogP contribution in [0.25, 0.3) is 0 Å². The highest BCUT2D eigenvalue weighted by atomic mass is 31.2. The molecular weight excluding hydrogens is 414 g/mol. The quantitative estimate of drug-likeness (QED) is 0.421. The van der Waals surface area contributed by atoms with Crippen LogP contribution in [0.1, 0.15) is 66.2 Å². The average molecular weight is 440 g/mol. The van der Waals surface area contributed by atoms with E-state index in [9.17, 15) is 14.2 Å². The SMILES string of the molecule is CC#COP(=O)(OC#CC)C(O)(CC1CCCCC1)P(=O)(OC#CC)OC#CC. The van der Waals surface area contributed by atoms with Crippen LogP contribution in [-0.4, -0.2) is 10.2 Å². The molecule has 9 heteroatoms. The van der Waals surface area contributed by atoms with Crippen LogP contribution in [0.5, 0.6) is 0 Å². The Hall–Kier alpha value is -2.14. The van der Waals surface area contributed by atoms with Crippen molar-refractivity contribution < 1.29 is 32.3 Å². The molecule has 1 aliphatic rings. The highest BCUT2D eigenvalue weighted by Gasteiger charge is 2.70. The maximum atomic E-state index is 13.7. The Morgan fingerprint density at radius 2 is 1.10 bits per heavy atom. The third kappa shape index (κ3) is 6.17. The van der Waals surface area contributed by atoms with Crippen LogP contribution in [0.3, 0.4) is 0 Å². The fraction of sp³-hybridized carbons (Fsp3) is 0.600. The summed E-state index contributed by atoms with van der Waals surface area (Å²) < 4.78 is 47.7. The monoisotopic (exact) mass is 440 g/mol. The van der Waals surface area contributed by atoms with E-state index in [0.29, 0.717) is 0 Å². The van der Waals surface area contributed by atoms with Gasteiger partial charge in [0.25, 0.3) is 0 Å². The summed E-state index contributed by atoms with van der Waals surface area (Å²) in [6, 6.07) is 0. The summed E-state index contributed by atoms with van der Waals surface area (Å²) in [5, 5.41) is 8.89. The van der Waals surface area contributed by atoms with Crippen molar-refractivity contribution in [3.63, 3.8) is 0 Å². The summed E-state index contributed by atoms with van der Waals surface area (Å²) in [6.45, 7) is 5.75. The van der Waals surface area contributed by atoms with Gasteiger partial charge in [-0.25, -0.2) is 9.13 Å². The van der Waals surface area contributed by atoms with Gasteiger partial charge in [0.1, 0.15) is 24.4 Å². The molecular formula is C20H26O7P2. The van der Waals surface area contributed by atoms with Crippen molar-refractivity contribution in [1.82, 2.24) is 0 Å². The zero-order valence-corrected chi connectivity index (χ0v) is 18.9. The van der Waals surface area contributed by atoms with Gasteiger partial charge < -0.3 is 23.2 Å². The summed E-state index contributed by atoms with van der Waals surface area (Å²) in [4.78, 5) is 0. The van der Waals surface area contributed by atoms with Crippen molar-refractivity contribution in [2.45, 2.75) is 71.3 Å². The summed E-state index contributed by atoms with van der Waals surface area (Å²) in [7, 11) is -9.37. The molecule has 1 saturated carbocycles. The Bertz CT molecular complexity index is 776. The number of hydrogen-bond acceptors (Lipinski definition) is 7. The van der Waals surface area contributed by atoms with Gasteiger partial charge in [-0.1, -0.05) is 55.8 Å². The van der Waals surface area contributed by atoms with E-state index >= 15 is 0 Å². The molecule has 1 aliphatic carbocycles.